The monoisotopic (exact) mass is 242 g/mol. The lowest BCUT2D eigenvalue weighted by Crippen LogP contribution is -2.23. The third kappa shape index (κ3) is 2.29. The molecule has 2 atom stereocenters. The number of fused-ring (bicyclic) bond motifs is 1. The van der Waals surface area contributed by atoms with Crippen molar-refractivity contribution in [3.63, 3.8) is 0 Å². The molecule has 1 aromatic rings. The summed E-state index contributed by atoms with van der Waals surface area (Å²) in [7, 11) is 0. The smallest absolute Gasteiger partial charge is 0.00918 e. The molecule has 2 unspecified atom stereocenters. The third-order valence-electron chi connectivity index (χ3n) is 3.89. The van der Waals surface area contributed by atoms with E-state index in [0.717, 1.165) is 0 Å². The maximum atomic E-state index is 4.02. The molecule has 0 fully saturated rings. The van der Waals surface area contributed by atoms with Gasteiger partial charge in [-0.05, 0) is 29.4 Å². The largest absolute Gasteiger partial charge is 0.103 e. The van der Waals surface area contributed by atoms with E-state index in [4.69, 9.17) is 0 Å². The van der Waals surface area contributed by atoms with Crippen LogP contribution in [0.2, 0.25) is 0 Å². The van der Waals surface area contributed by atoms with Gasteiger partial charge in [0, 0.05) is 5.92 Å². The third-order valence-corrected chi connectivity index (χ3v) is 3.89. The first-order valence-electron chi connectivity index (χ1n) is 6.97. The first-order chi connectivity index (χ1) is 8.62. The lowest BCUT2D eigenvalue weighted by molar-refractivity contribution is 0.397. The van der Waals surface area contributed by atoms with Crippen LogP contribution in [0.1, 0.15) is 51.7 Å². The van der Waals surface area contributed by atoms with Crippen LogP contribution < -0.4 is 0 Å². The van der Waals surface area contributed by atoms with E-state index in [-0.39, 0.29) is 5.41 Å². The minimum atomic E-state index is 0.197. The minimum absolute atomic E-state index is 0.197. The van der Waals surface area contributed by atoms with Crippen LogP contribution in [-0.4, -0.2) is 0 Å². The topological polar surface area (TPSA) is 0 Å². The van der Waals surface area contributed by atoms with Crippen molar-refractivity contribution < 1.29 is 0 Å². The molecule has 1 aliphatic rings. The molecule has 0 radical (unpaired) electrons. The molecule has 0 bridgehead atoms. The van der Waals surface area contributed by atoms with Crippen LogP contribution in [0.15, 0.2) is 49.1 Å². The summed E-state index contributed by atoms with van der Waals surface area (Å²) in [6.07, 6.45) is 6.57. The second-order valence-electron chi connectivity index (χ2n) is 5.12. The van der Waals surface area contributed by atoms with Gasteiger partial charge in [0.1, 0.15) is 0 Å². The molecule has 0 aromatic heterocycles. The SMILES string of the molecule is C=CC1C(/C=C\C)c2ccccc2C1(C)C.CC. The molecule has 0 saturated heterocycles. The quantitative estimate of drug-likeness (QED) is 0.604. The highest BCUT2D eigenvalue weighted by molar-refractivity contribution is 5.46. The second-order valence-corrected chi connectivity index (χ2v) is 5.12. The van der Waals surface area contributed by atoms with E-state index in [1.807, 2.05) is 13.8 Å². The van der Waals surface area contributed by atoms with Gasteiger partial charge in [-0.3, -0.25) is 0 Å². The van der Waals surface area contributed by atoms with Crippen LogP contribution in [0.5, 0.6) is 0 Å². The zero-order chi connectivity index (χ0) is 13.8. The van der Waals surface area contributed by atoms with Gasteiger partial charge >= 0.3 is 0 Å². The van der Waals surface area contributed by atoms with Crippen molar-refractivity contribution in [1.29, 1.82) is 0 Å². The van der Waals surface area contributed by atoms with E-state index in [1.54, 1.807) is 0 Å². The van der Waals surface area contributed by atoms with E-state index >= 15 is 0 Å². The summed E-state index contributed by atoms with van der Waals surface area (Å²) >= 11 is 0. The first-order valence-corrected chi connectivity index (χ1v) is 6.97. The fourth-order valence-corrected chi connectivity index (χ4v) is 3.07. The Morgan fingerprint density at radius 2 is 1.78 bits per heavy atom. The second kappa shape index (κ2) is 6.04. The van der Waals surface area contributed by atoms with Gasteiger partial charge in [-0.2, -0.15) is 0 Å². The van der Waals surface area contributed by atoms with Crippen molar-refractivity contribution in [2.24, 2.45) is 5.92 Å². The van der Waals surface area contributed by atoms with Crippen molar-refractivity contribution in [3.8, 4) is 0 Å². The minimum Gasteiger partial charge on any atom is -0.103 e. The van der Waals surface area contributed by atoms with Gasteiger partial charge < -0.3 is 0 Å². The molecule has 0 N–H and O–H groups in total. The normalized spacial score (nSPS) is 24.3. The van der Waals surface area contributed by atoms with Crippen LogP contribution in [-0.2, 0) is 5.41 Å². The van der Waals surface area contributed by atoms with Gasteiger partial charge in [-0.15, -0.1) is 6.58 Å². The highest BCUT2D eigenvalue weighted by Gasteiger charge is 2.42. The number of allylic oxidation sites excluding steroid dienone is 3. The molecular formula is C18H26. The lowest BCUT2D eigenvalue weighted by Gasteiger charge is -2.27. The Bertz CT molecular complexity index is 423. The van der Waals surface area contributed by atoms with Gasteiger partial charge in [0.05, 0.1) is 0 Å². The number of hydrogen-bond acceptors (Lipinski definition) is 0. The zero-order valence-corrected chi connectivity index (χ0v) is 12.4. The summed E-state index contributed by atoms with van der Waals surface area (Å²) in [5, 5.41) is 0. The maximum Gasteiger partial charge on any atom is 0.00918 e. The van der Waals surface area contributed by atoms with Crippen molar-refractivity contribution >= 4 is 0 Å². The number of rotatable bonds is 2. The molecule has 0 saturated carbocycles. The average molecular weight is 242 g/mol. The Morgan fingerprint density at radius 1 is 1.17 bits per heavy atom. The van der Waals surface area contributed by atoms with Crippen molar-refractivity contribution in [2.75, 3.05) is 0 Å². The van der Waals surface area contributed by atoms with Gasteiger partial charge in [0.2, 0.25) is 0 Å². The first kappa shape index (κ1) is 14.8. The van der Waals surface area contributed by atoms with Gasteiger partial charge in [-0.25, -0.2) is 0 Å². The molecule has 0 aliphatic heterocycles. The van der Waals surface area contributed by atoms with Crippen molar-refractivity contribution in [1.82, 2.24) is 0 Å². The van der Waals surface area contributed by atoms with E-state index in [2.05, 4.69) is 69.8 Å². The van der Waals surface area contributed by atoms with E-state index in [1.165, 1.54) is 11.1 Å². The van der Waals surface area contributed by atoms with Crippen LogP contribution in [0, 0.1) is 5.92 Å². The molecule has 2 rings (SSSR count). The fourth-order valence-electron chi connectivity index (χ4n) is 3.07. The molecule has 1 aliphatic carbocycles. The summed E-state index contributed by atoms with van der Waals surface area (Å²) in [5.74, 6) is 0.995. The predicted molar refractivity (Wildman–Crippen MR) is 82.1 cm³/mol. The maximum absolute atomic E-state index is 4.02. The highest BCUT2D eigenvalue weighted by Crippen LogP contribution is 2.51. The molecule has 0 heterocycles. The molecule has 18 heavy (non-hydrogen) atoms. The zero-order valence-electron chi connectivity index (χ0n) is 12.4. The van der Waals surface area contributed by atoms with Crippen LogP contribution in [0.25, 0.3) is 0 Å². The summed E-state index contributed by atoms with van der Waals surface area (Å²) in [6.45, 7) is 14.8. The van der Waals surface area contributed by atoms with E-state index < -0.39 is 0 Å². The molecule has 0 amide bonds. The summed E-state index contributed by atoms with van der Waals surface area (Å²) < 4.78 is 0. The Morgan fingerprint density at radius 3 is 2.33 bits per heavy atom. The highest BCUT2D eigenvalue weighted by atomic mass is 14.5. The summed E-state index contributed by atoms with van der Waals surface area (Å²) in [4.78, 5) is 0. The van der Waals surface area contributed by atoms with Crippen LogP contribution in [0.4, 0.5) is 0 Å². The lowest BCUT2D eigenvalue weighted by atomic mass is 9.76. The molecule has 98 valence electrons. The Balaban J connectivity index is 0.000000771. The Labute approximate surface area is 112 Å². The van der Waals surface area contributed by atoms with Gasteiger partial charge in [-0.1, -0.05) is 70.2 Å². The fraction of sp³-hybridized carbons (Fsp3) is 0.444. The van der Waals surface area contributed by atoms with Crippen molar-refractivity contribution in [2.45, 2.75) is 46.0 Å². The van der Waals surface area contributed by atoms with Gasteiger partial charge in [0.25, 0.3) is 0 Å². The van der Waals surface area contributed by atoms with Crippen molar-refractivity contribution in [3.05, 3.63) is 60.2 Å². The average Bonchev–Trinajstić information content (AvgIpc) is 2.61. The summed E-state index contributed by atoms with van der Waals surface area (Å²) in [5.41, 5.74) is 3.14. The molecule has 0 nitrogen and oxygen atoms in total. The molecular weight excluding hydrogens is 216 g/mol. The van der Waals surface area contributed by atoms with Crippen LogP contribution >= 0.6 is 0 Å². The Kier molecular flexibility index (Phi) is 4.95. The molecule has 0 spiro atoms. The number of benzene rings is 1. The molecule has 1 aromatic carbocycles. The standard InChI is InChI=1S/C16H20.C2H6/c1-5-9-12-13-10-7-8-11-15(13)16(3,4)14(12)6-2;1-2/h5-12,14H,2H2,1,3-4H3;1-2H3/b9-5-;. The molecule has 0 heteroatoms. The predicted octanol–water partition coefficient (Wildman–Crippen LogP) is 5.47. The Hall–Kier alpha value is -1.30. The van der Waals surface area contributed by atoms with Crippen LogP contribution in [0.3, 0.4) is 0 Å². The number of hydrogen-bond donors (Lipinski definition) is 0. The van der Waals surface area contributed by atoms with E-state index in [0.29, 0.717) is 11.8 Å². The van der Waals surface area contributed by atoms with Gasteiger partial charge in [0.15, 0.2) is 0 Å². The summed E-state index contributed by atoms with van der Waals surface area (Å²) in [6, 6.07) is 8.79. The van der Waals surface area contributed by atoms with E-state index in [9.17, 15) is 0 Å².